The maximum atomic E-state index is 10.5. The third kappa shape index (κ3) is 1.68. The molecule has 1 rings (SSSR count). The van der Waals surface area contributed by atoms with E-state index < -0.39 is 0 Å². The Bertz CT molecular complexity index is 138. The molecule has 4 heteroatoms. The van der Waals surface area contributed by atoms with Crippen molar-refractivity contribution in [3.05, 3.63) is 0 Å². The highest BCUT2D eigenvalue weighted by Gasteiger charge is 2.22. The van der Waals surface area contributed by atoms with Gasteiger partial charge in [0.15, 0.2) is 0 Å². The monoisotopic (exact) mass is 144 g/mol. The van der Waals surface area contributed by atoms with Crippen LogP contribution in [0.2, 0.25) is 0 Å². The molecule has 0 aliphatic carbocycles. The number of carbonyl (C=O) groups excluding carboxylic acids is 1. The second kappa shape index (κ2) is 2.98. The van der Waals surface area contributed by atoms with E-state index in [0.717, 1.165) is 0 Å². The van der Waals surface area contributed by atoms with Gasteiger partial charge in [-0.1, -0.05) is 0 Å². The van der Waals surface area contributed by atoms with E-state index in [1.807, 2.05) is 0 Å². The van der Waals surface area contributed by atoms with Gasteiger partial charge < -0.3 is 16.2 Å². The molecule has 0 unspecified atom stereocenters. The molecule has 0 bridgehead atoms. The van der Waals surface area contributed by atoms with Gasteiger partial charge in [-0.15, -0.1) is 0 Å². The smallest absolute Gasteiger partial charge is 0.234 e. The van der Waals surface area contributed by atoms with E-state index in [1.165, 1.54) is 0 Å². The fourth-order valence-electron chi connectivity index (χ4n) is 1.11. The van der Waals surface area contributed by atoms with Crippen LogP contribution in [-0.2, 0) is 4.79 Å². The average molecular weight is 144 g/mol. The molecular weight excluding hydrogens is 132 g/mol. The topological polar surface area (TPSA) is 75.4 Å². The normalized spacial score (nSPS) is 33.7. The molecule has 1 saturated heterocycles. The number of hydrogen-bond acceptors (Lipinski definition) is 3. The number of aliphatic hydroxyl groups is 1. The Kier molecular flexibility index (Phi) is 2.24. The predicted octanol–water partition coefficient (Wildman–Crippen LogP) is -1.42. The van der Waals surface area contributed by atoms with Crippen LogP contribution in [-0.4, -0.2) is 29.7 Å². The van der Waals surface area contributed by atoms with Crippen molar-refractivity contribution in [3.8, 4) is 0 Å². The number of piperidine rings is 1. The van der Waals surface area contributed by atoms with Crippen LogP contribution in [0.3, 0.4) is 0 Å². The van der Waals surface area contributed by atoms with Gasteiger partial charge in [0.2, 0.25) is 5.91 Å². The van der Waals surface area contributed by atoms with Gasteiger partial charge in [0.25, 0.3) is 0 Å². The SMILES string of the molecule is NC(=O)[C@@H]1C[C@@H](O)CCN1. The van der Waals surface area contributed by atoms with Gasteiger partial charge in [-0.25, -0.2) is 0 Å². The van der Waals surface area contributed by atoms with Gasteiger partial charge >= 0.3 is 0 Å². The first kappa shape index (κ1) is 7.50. The molecule has 0 aromatic rings. The molecule has 1 amide bonds. The first-order chi connectivity index (χ1) is 4.70. The Hall–Kier alpha value is -0.610. The van der Waals surface area contributed by atoms with Crippen molar-refractivity contribution in [3.63, 3.8) is 0 Å². The van der Waals surface area contributed by atoms with Gasteiger partial charge in [0, 0.05) is 0 Å². The van der Waals surface area contributed by atoms with Gasteiger partial charge in [0.05, 0.1) is 12.1 Å². The summed E-state index contributed by atoms with van der Waals surface area (Å²) in [6.45, 7) is 0.675. The van der Waals surface area contributed by atoms with E-state index in [0.29, 0.717) is 19.4 Å². The van der Waals surface area contributed by atoms with Crippen molar-refractivity contribution < 1.29 is 9.90 Å². The van der Waals surface area contributed by atoms with Crippen LogP contribution in [0.15, 0.2) is 0 Å². The number of rotatable bonds is 1. The summed E-state index contributed by atoms with van der Waals surface area (Å²) in [5.41, 5.74) is 5.02. The number of primary amides is 1. The molecular formula is C6H12N2O2. The summed E-state index contributed by atoms with van der Waals surface area (Å²) in [7, 11) is 0. The second-order valence-electron chi connectivity index (χ2n) is 2.59. The van der Waals surface area contributed by atoms with Crippen molar-refractivity contribution in [2.75, 3.05) is 6.54 Å². The third-order valence-corrected chi connectivity index (χ3v) is 1.72. The molecule has 4 nitrogen and oxygen atoms in total. The van der Waals surface area contributed by atoms with Crippen LogP contribution in [0.25, 0.3) is 0 Å². The van der Waals surface area contributed by atoms with Gasteiger partial charge in [0.1, 0.15) is 0 Å². The van der Waals surface area contributed by atoms with Crippen molar-refractivity contribution in [2.24, 2.45) is 5.73 Å². The first-order valence-corrected chi connectivity index (χ1v) is 3.41. The molecule has 4 N–H and O–H groups in total. The lowest BCUT2D eigenvalue weighted by molar-refractivity contribution is -0.121. The highest BCUT2D eigenvalue weighted by molar-refractivity contribution is 5.79. The van der Waals surface area contributed by atoms with Crippen LogP contribution in [0.4, 0.5) is 0 Å². The molecule has 0 radical (unpaired) electrons. The highest BCUT2D eigenvalue weighted by Crippen LogP contribution is 2.06. The van der Waals surface area contributed by atoms with Gasteiger partial charge in [-0.3, -0.25) is 4.79 Å². The number of hydrogen-bond donors (Lipinski definition) is 3. The lowest BCUT2D eigenvalue weighted by Crippen LogP contribution is -2.48. The molecule has 0 saturated carbocycles. The van der Waals surface area contributed by atoms with Crippen LogP contribution in [0, 0.1) is 0 Å². The van der Waals surface area contributed by atoms with E-state index >= 15 is 0 Å². The summed E-state index contributed by atoms with van der Waals surface area (Å²) >= 11 is 0. The molecule has 1 aliphatic heterocycles. The minimum atomic E-state index is -0.376. The number of nitrogens with one attached hydrogen (secondary N) is 1. The number of nitrogens with two attached hydrogens (primary N) is 1. The molecule has 1 heterocycles. The van der Waals surface area contributed by atoms with Crippen molar-refractivity contribution >= 4 is 5.91 Å². The Morgan fingerprint density at radius 3 is 2.80 bits per heavy atom. The lowest BCUT2D eigenvalue weighted by Gasteiger charge is -2.24. The summed E-state index contributed by atoms with van der Waals surface area (Å²) in [5, 5.41) is 12.0. The standard InChI is InChI=1S/C6H12N2O2/c7-6(10)5-3-4(9)1-2-8-5/h4-5,8-9H,1-3H2,(H2,7,10)/t4-,5-/m0/s1. The Morgan fingerprint density at radius 2 is 2.40 bits per heavy atom. The Labute approximate surface area is 59.4 Å². The van der Waals surface area contributed by atoms with Crippen LogP contribution in [0.1, 0.15) is 12.8 Å². The summed E-state index contributed by atoms with van der Waals surface area (Å²) in [5.74, 6) is -0.376. The molecule has 0 spiro atoms. The molecule has 2 atom stereocenters. The fourth-order valence-corrected chi connectivity index (χ4v) is 1.11. The maximum absolute atomic E-state index is 10.5. The Morgan fingerprint density at radius 1 is 1.70 bits per heavy atom. The van der Waals surface area contributed by atoms with E-state index in [2.05, 4.69) is 5.32 Å². The van der Waals surface area contributed by atoms with E-state index in [1.54, 1.807) is 0 Å². The second-order valence-corrected chi connectivity index (χ2v) is 2.59. The molecule has 10 heavy (non-hydrogen) atoms. The van der Waals surface area contributed by atoms with Crippen LogP contribution in [0.5, 0.6) is 0 Å². The van der Waals surface area contributed by atoms with Crippen LogP contribution >= 0.6 is 0 Å². The summed E-state index contributed by atoms with van der Waals surface area (Å²) in [4.78, 5) is 10.5. The highest BCUT2D eigenvalue weighted by atomic mass is 16.3. The van der Waals surface area contributed by atoms with E-state index in [9.17, 15) is 4.79 Å². The predicted molar refractivity (Wildman–Crippen MR) is 36.2 cm³/mol. The van der Waals surface area contributed by atoms with Crippen LogP contribution < -0.4 is 11.1 Å². The van der Waals surface area contributed by atoms with Crippen molar-refractivity contribution in [1.82, 2.24) is 5.32 Å². The average Bonchev–Trinajstić information content (AvgIpc) is 1.88. The molecule has 0 aromatic carbocycles. The van der Waals surface area contributed by atoms with Crippen molar-refractivity contribution in [2.45, 2.75) is 25.0 Å². The summed E-state index contributed by atoms with van der Waals surface area (Å²) in [6.07, 6.45) is 0.804. The first-order valence-electron chi connectivity index (χ1n) is 3.41. The summed E-state index contributed by atoms with van der Waals surface area (Å²) in [6, 6.07) is -0.330. The molecule has 0 aromatic heterocycles. The largest absolute Gasteiger partial charge is 0.393 e. The fraction of sp³-hybridized carbons (Fsp3) is 0.833. The summed E-state index contributed by atoms with van der Waals surface area (Å²) < 4.78 is 0. The quantitative estimate of drug-likeness (QED) is 0.423. The number of carbonyl (C=O) groups is 1. The van der Waals surface area contributed by atoms with Crippen molar-refractivity contribution in [1.29, 1.82) is 0 Å². The molecule has 58 valence electrons. The third-order valence-electron chi connectivity index (χ3n) is 1.72. The Balaban J connectivity index is 2.39. The number of aliphatic hydroxyl groups excluding tert-OH is 1. The van der Waals surface area contributed by atoms with E-state index in [-0.39, 0.29) is 18.1 Å². The number of amides is 1. The van der Waals surface area contributed by atoms with Gasteiger partial charge in [-0.05, 0) is 19.4 Å². The lowest BCUT2D eigenvalue weighted by atomic mass is 10.0. The van der Waals surface area contributed by atoms with E-state index in [4.69, 9.17) is 10.8 Å². The zero-order valence-electron chi connectivity index (χ0n) is 5.71. The zero-order valence-corrected chi connectivity index (χ0v) is 5.71. The maximum Gasteiger partial charge on any atom is 0.234 e. The minimum absolute atomic E-state index is 0.330. The van der Waals surface area contributed by atoms with Gasteiger partial charge in [-0.2, -0.15) is 0 Å². The minimum Gasteiger partial charge on any atom is -0.393 e. The zero-order chi connectivity index (χ0) is 7.56. The molecule has 1 fully saturated rings. The molecule has 1 aliphatic rings.